The number of anilines is 1. The van der Waals surface area contributed by atoms with Gasteiger partial charge in [0.2, 0.25) is 0 Å². The van der Waals surface area contributed by atoms with E-state index in [9.17, 15) is 13.9 Å². The van der Waals surface area contributed by atoms with Gasteiger partial charge in [-0.1, -0.05) is 25.6 Å². The molecule has 0 aliphatic carbocycles. The molecule has 2 N–H and O–H groups in total. The topological polar surface area (TPSA) is 32.3 Å². The number of nitrogens with one attached hydrogen (secondary N) is 1. The van der Waals surface area contributed by atoms with E-state index in [4.69, 9.17) is 0 Å². The van der Waals surface area contributed by atoms with Crippen LogP contribution in [0.1, 0.15) is 20.3 Å². The van der Waals surface area contributed by atoms with E-state index in [1.54, 1.807) is 24.3 Å². The Morgan fingerprint density at radius 3 is 2.39 bits per heavy atom. The normalized spacial score (nSPS) is 14.6. The summed E-state index contributed by atoms with van der Waals surface area (Å²) in [5.41, 5.74) is 0.720. The molecule has 1 unspecified atom stereocenters. The van der Waals surface area contributed by atoms with Crippen LogP contribution in [-0.2, 0) is 0 Å². The maximum Gasteiger partial charge on any atom is 0.288 e. The summed E-state index contributed by atoms with van der Waals surface area (Å²) in [6.45, 7) is 4.80. The summed E-state index contributed by atoms with van der Waals surface area (Å²) in [4.78, 5) is 0.552. The number of hydrogen-bond donors (Lipinski definition) is 2. The summed E-state index contributed by atoms with van der Waals surface area (Å²) in [7, 11) is 0. The Morgan fingerprint density at radius 2 is 1.94 bits per heavy atom. The summed E-state index contributed by atoms with van der Waals surface area (Å²) in [6, 6.07) is 6.89. The molecule has 0 saturated carbocycles. The van der Waals surface area contributed by atoms with Crippen molar-refractivity contribution in [2.75, 3.05) is 18.5 Å². The first kappa shape index (κ1) is 15.2. The van der Waals surface area contributed by atoms with Crippen LogP contribution in [0.4, 0.5) is 14.5 Å². The van der Waals surface area contributed by atoms with E-state index in [1.165, 1.54) is 0 Å². The largest absolute Gasteiger partial charge is 0.396 e. The van der Waals surface area contributed by atoms with Crippen LogP contribution in [0.3, 0.4) is 0 Å². The van der Waals surface area contributed by atoms with Crippen molar-refractivity contribution < 1.29 is 13.9 Å². The van der Waals surface area contributed by atoms with Crippen LogP contribution in [0, 0.1) is 5.41 Å². The fraction of sp³-hybridized carbons (Fsp3) is 0.538. The lowest BCUT2D eigenvalue weighted by molar-refractivity contribution is 0.149. The van der Waals surface area contributed by atoms with Crippen molar-refractivity contribution in [3.05, 3.63) is 24.3 Å². The highest BCUT2D eigenvalue weighted by molar-refractivity contribution is 7.99. The van der Waals surface area contributed by atoms with Crippen molar-refractivity contribution in [1.29, 1.82) is 0 Å². The zero-order chi connectivity index (χ0) is 13.6. The van der Waals surface area contributed by atoms with Gasteiger partial charge in [0.15, 0.2) is 0 Å². The van der Waals surface area contributed by atoms with Gasteiger partial charge < -0.3 is 10.4 Å². The van der Waals surface area contributed by atoms with Gasteiger partial charge in [-0.3, -0.25) is 0 Å². The Bertz CT molecular complexity index is 353. The molecule has 1 atom stereocenters. The average molecular weight is 275 g/mol. The van der Waals surface area contributed by atoms with Crippen molar-refractivity contribution >= 4 is 17.4 Å². The Kier molecular flexibility index (Phi) is 5.88. The smallest absolute Gasteiger partial charge is 0.288 e. The molecule has 18 heavy (non-hydrogen) atoms. The second kappa shape index (κ2) is 6.95. The molecule has 0 radical (unpaired) electrons. The maximum absolute atomic E-state index is 12.1. The third-order valence-electron chi connectivity index (χ3n) is 3.03. The van der Waals surface area contributed by atoms with E-state index in [-0.39, 0.29) is 12.0 Å². The minimum atomic E-state index is -2.39. The minimum absolute atomic E-state index is 0.121. The summed E-state index contributed by atoms with van der Waals surface area (Å²) in [5, 5.41) is 12.5. The molecule has 0 heterocycles. The van der Waals surface area contributed by atoms with Crippen LogP contribution >= 0.6 is 11.8 Å². The van der Waals surface area contributed by atoms with Gasteiger partial charge in [0.25, 0.3) is 5.76 Å². The lowest BCUT2D eigenvalue weighted by Gasteiger charge is -2.26. The third-order valence-corrected chi connectivity index (χ3v) is 3.76. The average Bonchev–Trinajstić information content (AvgIpc) is 2.37. The summed E-state index contributed by atoms with van der Waals surface area (Å²) in [6.07, 6.45) is 0.871. The molecule has 0 aromatic heterocycles. The number of hydrogen-bond acceptors (Lipinski definition) is 3. The molecule has 0 bridgehead atoms. The first-order valence-corrected chi connectivity index (χ1v) is 6.76. The van der Waals surface area contributed by atoms with Gasteiger partial charge in [-0.25, -0.2) is 0 Å². The summed E-state index contributed by atoms with van der Waals surface area (Å²) >= 11 is 0.539. The van der Waals surface area contributed by atoms with Crippen molar-refractivity contribution in [2.24, 2.45) is 5.41 Å². The number of benzene rings is 1. The first-order valence-electron chi connectivity index (χ1n) is 5.89. The molecule has 0 saturated heterocycles. The monoisotopic (exact) mass is 275 g/mol. The van der Waals surface area contributed by atoms with Crippen molar-refractivity contribution in [1.82, 2.24) is 0 Å². The minimum Gasteiger partial charge on any atom is -0.396 e. The number of aliphatic hydroxyl groups is 1. The van der Waals surface area contributed by atoms with E-state index in [0.717, 1.165) is 12.1 Å². The molecule has 1 aromatic carbocycles. The lowest BCUT2D eigenvalue weighted by Crippen LogP contribution is -2.29. The van der Waals surface area contributed by atoms with E-state index < -0.39 is 5.76 Å². The highest BCUT2D eigenvalue weighted by Gasteiger charge is 2.20. The summed E-state index contributed by atoms with van der Waals surface area (Å²) < 4.78 is 24.3. The first-order chi connectivity index (χ1) is 8.49. The molecule has 0 spiro atoms. The molecule has 0 aliphatic rings. The van der Waals surface area contributed by atoms with Crippen LogP contribution in [0.15, 0.2) is 29.2 Å². The van der Waals surface area contributed by atoms with E-state index in [0.29, 0.717) is 23.2 Å². The van der Waals surface area contributed by atoms with Gasteiger partial charge in [-0.05, 0) is 30.7 Å². The standard InChI is InChI=1S/C13H19F2NOS/c1-3-13(2,9-17)8-16-10-4-6-11(7-5-10)18-12(14)15/h4-7,12,16-17H,3,8-9H2,1-2H3. The molecule has 5 heteroatoms. The molecule has 1 aromatic rings. The van der Waals surface area contributed by atoms with E-state index in [1.807, 2.05) is 13.8 Å². The van der Waals surface area contributed by atoms with Gasteiger partial charge in [-0.15, -0.1) is 0 Å². The Balaban J connectivity index is 2.53. The van der Waals surface area contributed by atoms with Gasteiger partial charge in [0.1, 0.15) is 0 Å². The fourth-order valence-corrected chi connectivity index (χ4v) is 1.86. The SMILES string of the molecule is CCC(C)(CO)CNc1ccc(SC(F)F)cc1. The molecular weight excluding hydrogens is 256 g/mol. The molecular formula is C13H19F2NOS. The number of thioether (sulfide) groups is 1. The van der Waals surface area contributed by atoms with Gasteiger partial charge in [-0.2, -0.15) is 8.78 Å². The zero-order valence-electron chi connectivity index (χ0n) is 10.6. The number of alkyl halides is 2. The Morgan fingerprint density at radius 1 is 1.33 bits per heavy atom. The Labute approximate surface area is 111 Å². The number of halogens is 2. The number of rotatable bonds is 7. The van der Waals surface area contributed by atoms with Crippen molar-refractivity contribution in [3.8, 4) is 0 Å². The maximum atomic E-state index is 12.1. The predicted octanol–water partition coefficient (Wildman–Crippen LogP) is 3.82. The van der Waals surface area contributed by atoms with Crippen LogP contribution in [0.5, 0.6) is 0 Å². The Hall–Kier alpha value is -0.810. The van der Waals surface area contributed by atoms with Gasteiger partial charge in [0, 0.05) is 22.5 Å². The van der Waals surface area contributed by atoms with Crippen LogP contribution in [0.25, 0.3) is 0 Å². The third kappa shape index (κ3) is 4.82. The van der Waals surface area contributed by atoms with Crippen LogP contribution < -0.4 is 5.32 Å². The second-order valence-corrected chi connectivity index (χ2v) is 5.64. The highest BCUT2D eigenvalue weighted by Crippen LogP contribution is 2.27. The van der Waals surface area contributed by atoms with Gasteiger partial charge >= 0.3 is 0 Å². The lowest BCUT2D eigenvalue weighted by atomic mass is 9.88. The quantitative estimate of drug-likeness (QED) is 0.742. The van der Waals surface area contributed by atoms with E-state index in [2.05, 4.69) is 5.32 Å². The fourth-order valence-electron chi connectivity index (χ4n) is 1.36. The molecule has 1 rings (SSSR count). The predicted molar refractivity (Wildman–Crippen MR) is 72.3 cm³/mol. The zero-order valence-corrected chi connectivity index (χ0v) is 11.4. The van der Waals surface area contributed by atoms with Crippen molar-refractivity contribution in [3.63, 3.8) is 0 Å². The molecule has 0 fully saturated rings. The number of aliphatic hydroxyl groups excluding tert-OH is 1. The van der Waals surface area contributed by atoms with E-state index >= 15 is 0 Å². The van der Waals surface area contributed by atoms with Crippen LogP contribution in [0.2, 0.25) is 0 Å². The van der Waals surface area contributed by atoms with Crippen molar-refractivity contribution in [2.45, 2.75) is 30.9 Å². The van der Waals surface area contributed by atoms with Gasteiger partial charge in [0.05, 0.1) is 6.61 Å². The highest BCUT2D eigenvalue weighted by atomic mass is 32.2. The molecule has 0 aliphatic heterocycles. The second-order valence-electron chi connectivity index (χ2n) is 4.58. The van der Waals surface area contributed by atoms with Crippen LogP contribution in [-0.4, -0.2) is 24.0 Å². The summed E-state index contributed by atoms with van der Waals surface area (Å²) in [5.74, 6) is -2.39. The molecule has 2 nitrogen and oxygen atoms in total. The molecule has 102 valence electrons. The molecule has 0 amide bonds.